The average molecular weight is 170 g/mol. The first-order valence-corrected chi connectivity index (χ1v) is 4.24. The predicted molar refractivity (Wildman–Crippen MR) is 45.9 cm³/mol. The van der Waals surface area contributed by atoms with E-state index in [-0.39, 0.29) is 0 Å². The Morgan fingerprint density at radius 3 is 2.83 bits per heavy atom. The van der Waals surface area contributed by atoms with Crippen molar-refractivity contribution in [3.8, 4) is 0 Å². The van der Waals surface area contributed by atoms with Crippen LogP contribution in [0, 0.1) is 0 Å². The Morgan fingerprint density at radius 1 is 1.42 bits per heavy atom. The van der Waals surface area contributed by atoms with Gasteiger partial charge >= 0.3 is 0 Å². The fourth-order valence-electron chi connectivity index (χ4n) is 1.23. The highest BCUT2D eigenvalue weighted by molar-refractivity contribution is 4.62. The lowest BCUT2D eigenvalue weighted by molar-refractivity contribution is 0.0377. The van der Waals surface area contributed by atoms with Gasteiger partial charge in [-0.25, -0.2) is 0 Å². The Bertz CT molecular complexity index is 161. The second kappa shape index (κ2) is 5.83. The van der Waals surface area contributed by atoms with Crippen LogP contribution >= 0.6 is 0 Å². The van der Waals surface area contributed by atoms with Crippen LogP contribution in [0.2, 0.25) is 0 Å². The highest BCUT2D eigenvalue weighted by atomic mass is 16.5. The topological polar surface area (TPSA) is 61.2 Å². The lowest BCUT2D eigenvalue weighted by Crippen LogP contribution is -2.37. The summed E-state index contributed by atoms with van der Waals surface area (Å²) in [6.07, 6.45) is 0.948. The summed E-state index contributed by atoms with van der Waals surface area (Å²) in [6.45, 7) is 5.31. The molecular weight excluding hydrogens is 156 g/mol. The molecular formula is C7H14N4O. The number of rotatable bonds is 4. The van der Waals surface area contributed by atoms with Crippen LogP contribution in [0.5, 0.6) is 0 Å². The fraction of sp³-hybridized carbons (Fsp3) is 1.00. The SMILES string of the molecule is [N-]=[N+]=NCCCN1CCOCC1. The summed E-state index contributed by atoms with van der Waals surface area (Å²) in [7, 11) is 0. The van der Waals surface area contributed by atoms with Crippen LogP contribution in [-0.4, -0.2) is 44.3 Å². The van der Waals surface area contributed by atoms with Gasteiger partial charge in [-0.2, -0.15) is 0 Å². The molecule has 1 heterocycles. The van der Waals surface area contributed by atoms with E-state index in [0.29, 0.717) is 6.54 Å². The van der Waals surface area contributed by atoms with Gasteiger partial charge in [-0.05, 0) is 18.5 Å². The van der Waals surface area contributed by atoms with Gasteiger partial charge in [0.05, 0.1) is 13.2 Å². The Morgan fingerprint density at radius 2 is 2.17 bits per heavy atom. The number of azide groups is 1. The summed E-state index contributed by atoms with van der Waals surface area (Å²) in [5.41, 5.74) is 8.03. The Labute approximate surface area is 71.9 Å². The number of nitrogens with zero attached hydrogens (tertiary/aromatic N) is 4. The summed E-state index contributed by atoms with van der Waals surface area (Å²) in [5, 5.41) is 3.48. The first-order valence-electron chi connectivity index (χ1n) is 4.24. The number of morpholine rings is 1. The predicted octanol–water partition coefficient (Wildman–Crippen LogP) is 1.02. The van der Waals surface area contributed by atoms with Gasteiger partial charge in [0.15, 0.2) is 0 Å². The number of ether oxygens (including phenoxy) is 1. The molecule has 5 heteroatoms. The summed E-state index contributed by atoms with van der Waals surface area (Å²) >= 11 is 0. The van der Waals surface area contributed by atoms with E-state index in [2.05, 4.69) is 14.9 Å². The van der Waals surface area contributed by atoms with E-state index in [9.17, 15) is 0 Å². The van der Waals surface area contributed by atoms with Gasteiger partial charge in [-0.1, -0.05) is 5.11 Å². The summed E-state index contributed by atoms with van der Waals surface area (Å²) in [6, 6.07) is 0. The largest absolute Gasteiger partial charge is 0.379 e. The number of hydrogen-bond donors (Lipinski definition) is 0. The molecule has 0 saturated carbocycles. The zero-order chi connectivity index (χ0) is 8.65. The van der Waals surface area contributed by atoms with Crippen molar-refractivity contribution >= 4 is 0 Å². The van der Waals surface area contributed by atoms with Crippen LogP contribution in [0.3, 0.4) is 0 Å². The normalized spacial score (nSPS) is 18.7. The molecule has 0 amide bonds. The molecule has 1 rings (SSSR count). The summed E-state index contributed by atoms with van der Waals surface area (Å²) in [4.78, 5) is 5.03. The molecule has 0 bridgehead atoms. The Kier molecular flexibility index (Phi) is 4.52. The molecule has 1 saturated heterocycles. The molecule has 12 heavy (non-hydrogen) atoms. The molecule has 0 radical (unpaired) electrons. The van der Waals surface area contributed by atoms with Gasteiger partial charge in [0.25, 0.3) is 0 Å². The minimum absolute atomic E-state index is 0.605. The summed E-state index contributed by atoms with van der Waals surface area (Å²) < 4.78 is 5.20. The van der Waals surface area contributed by atoms with Gasteiger partial charge in [0, 0.05) is 24.5 Å². The van der Waals surface area contributed by atoms with Crippen molar-refractivity contribution in [2.45, 2.75) is 6.42 Å². The highest BCUT2D eigenvalue weighted by Gasteiger charge is 2.08. The third-order valence-corrected chi connectivity index (χ3v) is 1.90. The molecule has 1 aliphatic heterocycles. The fourth-order valence-corrected chi connectivity index (χ4v) is 1.23. The Balaban J connectivity index is 2.01. The standard InChI is InChI=1S/C7H14N4O/c8-10-9-2-1-3-11-4-6-12-7-5-11/h1-7H2. The molecule has 68 valence electrons. The van der Waals surface area contributed by atoms with Gasteiger partial charge in [0.1, 0.15) is 0 Å². The van der Waals surface area contributed by atoms with Crippen molar-refractivity contribution in [3.05, 3.63) is 10.4 Å². The molecule has 0 aliphatic carbocycles. The van der Waals surface area contributed by atoms with Crippen molar-refractivity contribution in [2.24, 2.45) is 5.11 Å². The zero-order valence-electron chi connectivity index (χ0n) is 7.15. The molecule has 0 unspecified atom stereocenters. The van der Waals surface area contributed by atoms with Crippen molar-refractivity contribution in [1.82, 2.24) is 4.90 Å². The van der Waals surface area contributed by atoms with Crippen molar-refractivity contribution < 1.29 is 4.74 Å². The van der Waals surface area contributed by atoms with Gasteiger partial charge in [0.2, 0.25) is 0 Å². The lowest BCUT2D eigenvalue weighted by atomic mass is 10.3. The minimum Gasteiger partial charge on any atom is -0.379 e. The van der Waals surface area contributed by atoms with Crippen LogP contribution in [0.15, 0.2) is 5.11 Å². The highest BCUT2D eigenvalue weighted by Crippen LogP contribution is 1.97. The second-order valence-corrected chi connectivity index (χ2v) is 2.76. The molecule has 0 spiro atoms. The average Bonchev–Trinajstić information content (AvgIpc) is 2.14. The van der Waals surface area contributed by atoms with E-state index in [0.717, 1.165) is 39.3 Å². The van der Waals surface area contributed by atoms with Gasteiger partial charge < -0.3 is 4.74 Å². The molecule has 0 N–H and O–H groups in total. The molecule has 0 aromatic carbocycles. The van der Waals surface area contributed by atoms with E-state index in [1.165, 1.54) is 0 Å². The molecule has 0 aromatic heterocycles. The van der Waals surface area contributed by atoms with E-state index in [1.807, 2.05) is 0 Å². The van der Waals surface area contributed by atoms with Gasteiger partial charge in [-0.3, -0.25) is 4.90 Å². The van der Waals surface area contributed by atoms with Crippen LogP contribution in [0.25, 0.3) is 10.4 Å². The maximum absolute atomic E-state index is 8.03. The maximum atomic E-state index is 8.03. The summed E-state index contributed by atoms with van der Waals surface area (Å²) in [5.74, 6) is 0. The van der Waals surface area contributed by atoms with E-state index < -0.39 is 0 Å². The maximum Gasteiger partial charge on any atom is 0.0594 e. The van der Waals surface area contributed by atoms with E-state index in [1.54, 1.807) is 0 Å². The van der Waals surface area contributed by atoms with Gasteiger partial charge in [-0.15, -0.1) is 0 Å². The molecule has 1 aliphatic rings. The van der Waals surface area contributed by atoms with Crippen LogP contribution in [0.1, 0.15) is 6.42 Å². The molecule has 0 aromatic rings. The quantitative estimate of drug-likeness (QED) is 0.274. The second-order valence-electron chi connectivity index (χ2n) is 2.76. The van der Waals surface area contributed by atoms with E-state index in [4.69, 9.17) is 10.3 Å². The first kappa shape index (κ1) is 9.32. The Hall–Kier alpha value is -0.770. The van der Waals surface area contributed by atoms with Crippen LogP contribution in [-0.2, 0) is 4.74 Å². The first-order chi connectivity index (χ1) is 5.93. The van der Waals surface area contributed by atoms with Crippen molar-refractivity contribution in [3.63, 3.8) is 0 Å². The third kappa shape index (κ3) is 3.57. The zero-order valence-corrected chi connectivity index (χ0v) is 7.15. The molecule has 0 atom stereocenters. The number of hydrogen-bond acceptors (Lipinski definition) is 3. The van der Waals surface area contributed by atoms with Crippen LogP contribution < -0.4 is 0 Å². The smallest absolute Gasteiger partial charge is 0.0594 e. The molecule has 5 nitrogen and oxygen atoms in total. The van der Waals surface area contributed by atoms with Crippen LogP contribution in [0.4, 0.5) is 0 Å². The van der Waals surface area contributed by atoms with Crippen molar-refractivity contribution in [1.29, 1.82) is 0 Å². The lowest BCUT2D eigenvalue weighted by Gasteiger charge is -2.26. The minimum atomic E-state index is 0.605. The van der Waals surface area contributed by atoms with E-state index >= 15 is 0 Å². The molecule has 1 fully saturated rings. The monoisotopic (exact) mass is 170 g/mol. The van der Waals surface area contributed by atoms with Crippen molar-refractivity contribution in [2.75, 3.05) is 39.4 Å². The third-order valence-electron chi connectivity index (χ3n) is 1.90.